The van der Waals surface area contributed by atoms with E-state index < -0.39 is 0 Å². The standard InChI is InChI=1S/C6H6.C4H11NO/c1-2-4-6-5-3-1;1-2-4(6)3-5/h1-6H;4,6H,2-3,5H2,1H3. The second kappa shape index (κ2) is 8.24. The molecule has 0 aromatic heterocycles. The molecule has 2 heteroatoms. The molecule has 12 heavy (non-hydrogen) atoms. The van der Waals surface area contributed by atoms with E-state index in [4.69, 9.17) is 10.8 Å². The minimum atomic E-state index is -0.287. The Kier molecular flexibility index (Phi) is 7.65. The van der Waals surface area contributed by atoms with Crippen LogP contribution < -0.4 is 5.73 Å². The summed E-state index contributed by atoms with van der Waals surface area (Å²) in [7, 11) is 0. The normalized spacial score (nSPS) is 11.2. The summed E-state index contributed by atoms with van der Waals surface area (Å²) in [6, 6.07) is 12.0. The maximum absolute atomic E-state index is 8.54. The van der Waals surface area contributed by atoms with Gasteiger partial charge in [-0.1, -0.05) is 43.3 Å². The van der Waals surface area contributed by atoms with Crippen molar-refractivity contribution in [1.29, 1.82) is 0 Å². The van der Waals surface area contributed by atoms with Gasteiger partial charge < -0.3 is 10.8 Å². The van der Waals surface area contributed by atoms with Crippen LogP contribution in [0.4, 0.5) is 0 Å². The first-order chi connectivity index (χ1) is 5.81. The monoisotopic (exact) mass is 167 g/mol. The van der Waals surface area contributed by atoms with E-state index in [1.54, 1.807) is 0 Å². The molecule has 1 aromatic carbocycles. The highest BCUT2D eigenvalue weighted by Gasteiger charge is 1.90. The van der Waals surface area contributed by atoms with Crippen molar-refractivity contribution in [2.45, 2.75) is 19.4 Å². The topological polar surface area (TPSA) is 46.2 Å². The van der Waals surface area contributed by atoms with Crippen molar-refractivity contribution >= 4 is 0 Å². The van der Waals surface area contributed by atoms with E-state index in [2.05, 4.69) is 0 Å². The molecule has 1 aromatic rings. The van der Waals surface area contributed by atoms with Gasteiger partial charge in [-0.25, -0.2) is 0 Å². The molecule has 0 aliphatic carbocycles. The van der Waals surface area contributed by atoms with Crippen LogP contribution in [-0.2, 0) is 0 Å². The Balaban J connectivity index is 0.000000202. The van der Waals surface area contributed by atoms with E-state index in [1.807, 2.05) is 43.3 Å². The summed E-state index contributed by atoms with van der Waals surface area (Å²) in [6.45, 7) is 2.29. The third-order valence-electron chi connectivity index (χ3n) is 1.41. The molecular weight excluding hydrogens is 150 g/mol. The molecule has 1 atom stereocenters. The lowest BCUT2D eigenvalue weighted by atomic mass is 10.3. The molecule has 1 rings (SSSR count). The summed E-state index contributed by atoms with van der Waals surface area (Å²) in [5, 5.41) is 8.54. The average molecular weight is 167 g/mol. The third kappa shape index (κ3) is 7.25. The number of nitrogens with two attached hydrogens (primary N) is 1. The van der Waals surface area contributed by atoms with Crippen LogP contribution in [0.5, 0.6) is 0 Å². The smallest absolute Gasteiger partial charge is 0.0659 e. The van der Waals surface area contributed by atoms with Gasteiger partial charge in [0.1, 0.15) is 0 Å². The van der Waals surface area contributed by atoms with Gasteiger partial charge in [-0.05, 0) is 6.42 Å². The molecule has 3 N–H and O–H groups in total. The summed E-state index contributed by atoms with van der Waals surface area (Å²) < 4.78 is 0. The summed E-state index contributed by atoms with van der Waals surface area (Å²) >= 11 is 0. The van der Waals surface area contributed by atoms with Gasteiger partial charge in [-0.15, -0.1) is 0 Å². The highest BCUT2D eigenvalue weighted by molar-refractivity contribution is 4.99. The van der Waals surface area contributed by atoms with Crippen molar-refractivity contribution in [1.82, 2.24) is 0 Å². The van der Waals surface area contributed by atoms with E-state index >= 15 is 0 Å². The fourth-order valence-electron chi connectivity index (χ4n) is 0.552. The Bertz CT molecular complexity index is 134. The molecule has 68 valence electrons. The maximum atomic E-state index is 8.54. The van der Waals surface area contributed by atoms with Gasteiger partial charge in [0.15, 0.2) is 0 Å². The van der Waals surface area contributed by atoms with Crippen LogP contribution in [0.2, 0.25) is 0 Å². The summed E-state index contributed by atoms with van der Waals surface area (Å²) in [5.41, 5.74) is 5.03. The van der Waals surface area contributed by atoms with Crippen molar-refractivity contribution in [2.24, 2.45) is 5.73 Å². The van der Waals surface area contributed by atoms with Gasteiger partial charge in [0, 0.05) is 6.54 Å². The molecule has 0 bridgehead atoms. The number of aliphatic hydroxyl groups is 1. The lowest BCUT2D eigenvalue weighted by Crippen LogP contribution is -2.17. The Morgan fingerprint density at radius 1 is 1.08 bits per heavy atom. The summed E-state index contributed by atoms with van der Waals surface area (Å²) in [4.78, 5) is 0. The lowest BCUT2D eigenvalue weighted by molar-refractivity contribution is 0.179. The lowest BCUT2D eigenvalue weighted by Gasteiger charge is -1.98. The first kappa shape index (κ1) is 11.1. The molecule has 2 nitrogen and oxygen atoms in total. The van der Waals surface area contributed by atoms with E-state index in [1.165, 1.54) is 0 Å². The Labute approximate surface area is 74.0 Å². The molecule has 0 saturated heterocycles. The van der Waals surface area contributed by atoms with Crippen LogP contribution in [0, 0.1) is 0 Å². The third-order valence-corrected chi connectivity index (χ3v) is 1.41. The van der Waals surface area contributed by atoms with Gasteiger partial charge >= 0.3 is 0 Å². The Morgan fingerprint density at radius 3 is 1.50 bits per heavy atom. The first-order valence-electron chi connectivity index (χ1n) is 4.19. The zero-order chi connectivity index (χ0) is 9.23. The maximum Gasteiger partial charge on any atom is 0.0659 e. The summed E-state index contributed by atoms with van der Waals surface area (Å²) in [5.74, 6) is 0. The zero-order valence-corrected chi connectivity index (χ0v) is 7.48. The van der Waals surface area contributed by atoms with Crippen LogP contribution in [0.25, 0.3) is 0 Å². The van der Waals surface area contributed by atoms with E-state index in [0.717, 1.165) is 6.42 Å². The van der Waals surface area contributed by atoms with Crippen LogP contribution in [0.3, 0.4) is 0 Å². The highest BCUT2D eigenvalue weighted by atomic mass is 16.3. The van der Waals surface area contributed by atoms with Crippen molar-refractivity contribution < 1.29 is 5.11 Å². The minimum absolute atomic E-state index is 0.287. The van der Waals surface area contributed by atoms with Crippen LogP contribution >= 0.6 is 0 Å². The second-order valence-corrected chi connectivity index (χ2v) is 2.45. The fourth-order valence-corrected chi connectivity index (χ4v) is 0.552. The molecule has 0 fully saturated rings. The van der Waals surface area contributed by atoms with Gasteiger partial charge in [0.2, 0.25) is 0 Å². The van der Waals surface area contributed by atoms with E-state index in [-0.39, 0.29) is 6.10 Å². The van der Waals surface area contributed by atoms with Crippen molar-refractivity contribution in [3.8, 4) is 0 Å². The van der Waals surface area contributed by atoms with Gasteiger partial charge in [-0.3, -0.25) is 0 Å². The Morgan fingerprint density at radius 2 is 1.42 bits per heavy atom. The molecule has 0 heterocycles. The van der Waals surface area contributed by atoms with Gasteiger partial charge in [0.05, 0.1) is 6.10 Å². The molecule has 0 aliphatic heterocycles. The number of rotatable bonds is 2. The predicted molar refractivity (Wildman–Crippen MR) is 51.8 cm³/mol. The SMILES string of the molecule is CCC(O)CN.c1ccccc1. The van der Waals surface area contributed by atoms with Crippen molar-refractivity contribution in [3.63, 3.8) is 0 Å². The molecule has 0 saturated carbocycles. The highest BCUT2D eigenvalue weighted by Crippen LogP contribution is 1.81. The van der Waals surface area contributed by atoms with E-state index in [0.29, 0.717) is 6.54 Å². The molecule has 1 unspecified atom stereocenters. The van der Waals surface area contributed by atoms with Gasteiger partial charge in [-0.2, -0.15) is 0 Å². The largest absolute Gasteiger partial charge is 0.392 e. The molecular formula is C10H17NO. The molecule has 0 amide bonds. The molecule has 0 radical (unpaired) electrons. The number of benzene rings is 1. The second-order valence-electron chi connectivity index (χ2n) is 2.45. The Hall–Kier alpha value is -0.860. The van der Waals surface area contributed by atoms with Crippen molar-refractivity contribution in [3.05, 3.63) is 36.4 Å². The van der Waals surface area contributed by atoms with E-state index in [9.17, 15) is 0 Å². The first-order valence-corrected chi connectivity index (χ1v) is 4.19. The van der Waals surface area contributed by atoms with Gasteiger partial charge in [0.25, 0.3) is 0 Å². The average Bonchev–Trinajstić information content (AvgIpc) is 2.20. The zero-order valence-electron chi connectivity index (χ0n) is 7.48. The predicted octanol–water partition coefficient (Wildman–Crippen LogP) is 1.40. The van der Waals surface area contributed by atoms with Crippen LogP contribution in [0.1, 0.15) is 13.3 Å². The van der Waals surface area contributed by atoms with Crippen LogP contribution in [-0.4, -0.2) is 17.8 Å². The quantitative estimate of drug-likeness (QED) is 0.699. The summed E-state index contributed by atoms with van der Waals surface area (Å²) in [6.07, 6.45) is 0.473. The number of hydrogen-bond donors (Lipinski definition) is 2. The molecule has 0 spiro atoms. The fraction of sp³-hybridized carbons (Fsp3) is 0.400. The molecule has 0 aliphatic rings. The number of hydrogen-bond acceptors (Lipinski definition) is 2. The minimum Gasteiger partial charge on any atom is -0.392 e. The number of aliphatic hydroxyl groups excluding tert-OH is 1. The van der Waals surface area contributed by atoms with Crippen molar-refractivity contribution in [2.75, 3.05) is 6.54 Å². The van der Waals surface area contributed by atoms with Crippen LogP contribution in [0.15, 0.2) is 36.4 Å².